The molecule has 3 nitrogen and oxygen atoms in total. The number of ether oxygens (including phenoxy) is 1. The summed E-state index contributed by atoms with van der Waals surface area (Å²) < 4.78 is 5.69. The minimum absolute atomic E-state index is 0.0450. The number of rotatable bonds is 8. The lowest BCUT2D eigenvalue weighted by Gasteiger charge is -2.10. The van der Waals surface area contributed by atoms with Crippen molar-refractivity contribution in [2.24, 2.45) is 0 Å². The highest BCUT2D eigenvalue weighted by molar-refractivity contribution is 7.99. The number of fused-ring (bicyclic) bond motifs is 1. The van der Waals surface area contributed by atoms with Crippen molar-refractivity contribution in [2.75, 3.05) is 18.9 Å². The number of amides is 1. The molecule has 134 valence electrons. The lowest BCUT2D eigenvalue weighted by molar-refractivity contribution is -0.118. The fourth-order valence-corrected chi connectivity index (χ4v) is 3.65. The summed E-state index contributed by atoms with van der Waals surface area (Å²) in [4.78, 5) is 12.0. The van der Waals surface area contributed by atoms with Crippen LogP contribution in [0.2, 0.25) is 0 Å². The van der Waals surface area contributed by atoms with E-state index in [1.165, 1.54) is 16.3 Å². The molecule has 0 radical (unpaired) electrons. The third kappa shape index (κ3) is 5.02. The molecule has 0 aliphatic carbocycles. The van der Waals surface area contributed by atoms with Crippen LogP contribution < -0.4 is 10.1 Å². The van der Waals surface area contributed by atoms with E-state index in [0.29, 0.717) is 18.9 Å². The first-order valence-corrected chi connectivity index (χ1v) is 9.89. The van der Waals surface area contributed by atoms with E-state index < -0.39 is 0 Å². The number of hydrogen-bond donors (Lipinski definition) is 1. The van der Waals surface area contributed by atoms with Crippen LogP contribution in [0.25, 0.3) is 10.8 Å². The molecule has 1 N–H and O–H groups in total. The van der Waals surface area contributed by atoms with E-state index in [2.05, 4.69) is 41.7 Å². The third-order valence-electron chi connectivity index (χ3n) is 4.15. The van der Waals surface area contributed by atoms with Gasteiger partial charge in [0.15, 0.2) is 0 Å². The Bertz CT molecular complexity index is 873. The van der Waals surface area contributed by atoms with Crippen LogP contribution in [0.3, 0.4) is 0 Å². The molecular formula is C22H23NO2S. The quantitative estimate of drug-likeness (QED) is 0.594. The molecule has 3 aromatic carbocycles. The Kier molecular flexibility index (Phi) is 6.56. The van der Waals surface area contributed by atoms with Crippen molar-refractivity contribution in [3.05, 3.63) is 77.9 Å². The zero-order chi connectivity index (χ0) is 18.2. The van der Waals surface area contributed by atoms with Gasteiger partial charge in [0.05, 0.1) is 12.3 Å². The SMILES string of the molecule is Cc1ccccc1OCCNC(=O)CSCc1cccc2ccccc12. The summed E-state index contributed by atoms with van der Waals surface area (Å²) in [7, 11) is 0. The van der Waals surface area contributed by atoms with E-state index in [0.717, 1.165) is 17.1 Å². The van der Waals surface area contributed by atoms with Crippen LogP contribution >= 0.6 is 11.8 Å². The molecule has 0 aliphatic heterocycles. The summed E-state index contributed by atoms with van der Waals surface area (Å²) in [6, 6.07) is 22.5. The largest absolute Gasteiger partial charge is 0.491 e. The smallest absolute Gasteiger partial charge is 0.230 e. The molecular weight excluding hydrogens is 342 g/mol. The van der Waals surface area contributed by atoms with Gasteiger partial charge in [-0.05, 0) is 34.9 Å². The van der Waals surface area contributed by atoms with Crippen LogP contribution in [-0.4, -0.2) is 24.8 Å². The minimum Gasteiger partial charge on any atom is -0.491 e. The van der Waals surface area contributed by atoms with Crippen molar-refractivity contribution in [3.8, 4) is 5.75 Å². The first-order chi connectivity index (χ1) is 12.7. The number of aryl methyl sites for hydroxylation is 1. The number of benzene rings is 3. The summed E-state index contributed by atoms with van der Waals surface area (Å²) in [5.41, 5.74) is 2.37. The van der Waals surface area contributed by atoms with Gasteiger partial charge in [0.25, 0.3) is 0 Å². The van der Waals surface area contributed by atoms with Gasteiger partial charge in [-0.1, -0.05) is 60.7 Å². The summed E-state index contributed by atoms with van der Waals surface area (Å²) in [6.07, 6.45) is 0. The predicted molar refractivity (Wildman–Crippen MR) is 110 cm³/mol. The molecule has 0 fully saturated rings. The van der Waals surface area contributed by atoms with Crippen molar-refractivity contribution in [1.29, 1.82) is 0 Å². The molecule has 0 unspecified atom stereocenters. The molecule has 0 atom stereocenters. The summed E-state index contributed by atoms with van der Waals surface area (Å²) in [6.45, 7) is 3.00. The van der Waals surface area contributed by atoms with Crippen molar-refractivity contribution < 1.29 is 9.53 Å². The topological polar surface area (TPSA) is 38.3 Å². The van der Waals surface area contributed by atoms with Crippen LogP contribution in [0.5, 0.6) is 5.75 Å². The molecule has 0 aliphatic rings. The zero-order valence-electron chi connectivity index (χ0n) is 14.9. The number of hydrogen-bond acceptors (Lipinski definition) is 3. The number of carbonyl (C=O) groups is 1. The van der Waals surface area contributed by atoms with E-state index in [-0.39, 0.29) is 5.91 Å². The van der Waals surface area contributed by atoms with Gasteiger partial charge in [0, 0.05) is 5.75 Å². The zero-order valence-corrected chi connectivity index (χ0v) is 15.7. The lowest BCUT2D eigenvalue weighted by atomic mass is 10.1. The lowest BCUT2D eigenvalue weighted by Crippen LogP contribution is -2.29. The van der Waals surface area contributed by atoms with Crippen LogP contribution in [0.1, 0.15) is 11.1 Å². The van der Waals surface area contributed by atoms with Gasteiger partial charge in [0.1, 0.15) is 12.4 Å². The van der Waals surface area contributed by atoms with Crippen molar-refractivity contribution in [2.45, 2.75) is 12.7 Å². The Labute approximate surface area is 158 Å². The number of carbonyl (C=O) groups excluding carboxylic acids is 1. The number of nitrogens with one attached hydrogen (secondary N) is 1. The summed E-state index contributed by atoms with van der Waals surface area (Å²) in [5, 5.41) is 5.41. The standard InChI is InChI=1S/C22H23NO2S/c1-17-7-2-5-12-21(17)25-14-13-23-22(24)16-26-15-19-10-6-9-18-8-3-4-11-20(18)19/h2-12H,13-16H2,1H3,(H,23,24). The summed E-state index contributed by atoms with van der Waals surface area (Å²) in [5.74, 6) is 2.19. The minimum atomic E-state index is 0.0450. The molecule has 0 bridgehead atoms. The predicted octanol–water partition coefficient (Wildman–Crippen LogP) is 4.58. The third-order valence-corrected chi connectivity index (χ3v) is 5.13. The maximum absolute atomic E-state index is 12.0. The van der Waals surface area contributed by atoms with Gasteiger partial charge in [-0.15, -0.1) is 11.8 Å². The second-order valence-electron chi connectivity index (χ2n) is 6.09. The first kappa shape index (κ1) is 18.3. The molecule has 0 heterocycles. The second-order valence-corrected chi connectivity index (χ2v) is 7.08. The van der Waals surface area contributed by atoms with E-state index in [1.54, 1.807) is 11.8 Å². The molecule has 0 saturated carbocycles. The average Bonchev–Trinajstić information content (AvgIpc) is 2.67. The fraction of sp³-hybridized carbons (Fsp3) is 0.227. The Morgan fingerprint density at radius 1 is 1.00 bits per heavy atom. The van der Waals surface area contributed by atoms with Gasteiger partial charge in [0.2, 0.25) is 5.91 Å². The molecule has 0 saturated heterocycles. The van der Waals surface area contributed by atoms with E-state index >= 15 is 0 Å². The van der Waals surface area contributed by atoms with Gasteiger partial charge < -0.3 is 10.1 Å². The molecule has 0 spiro atoms. The van der Waals surface area contributed by atoms with Gasteiger partial charge >= 0.3 is 0 Å². The van der Waals surface area contributed by atoms with Crippen LogP contribution in [0.4, 0.5) is 0 Å². The Morgan fingerprint density at radius 3 is 2.65 bits per heavy atom. The summed E-state index contributed by atoms with van der Waals surface area (Å²) >= 11 is 1.63. The molecule has 4 heteroatoms. The van der Waals surface area contributed by atoms with Crippen molar-refractivity contribution >= 4 is 28.4 Å². The number of para-hydroxylation sites is 1. The van der Waals surface area contributed by atoms with Gasteiger partial charge in [-0.2, -0.15) is 0 Å². The van der Waals surface area contributed by atoms with Crippen molar-refractivity contribution in [1.82, 2.24) is 5.32 Å². The van der Waals surface area contributed by atoms with E-state index in [4.69, 9.17) is 4.74 Å². The van der Waals surface area contributed by atoms with Gasteiger partial charge in [-0.25, -0.2) is 0 Å². The first-order valence-electron chi connectivity index (χ1n) is 8.73. The molecule has 26 heavy (non-hydrogen) atoms. The van der Waals surface area contributed by atoms with Crippen LogP contribution in [0.15, 0.2) is 66.7 Å². The van der Waals surface area contributed by atoms with E-state index in [1.807, 2.05) is 37.3 Å². The highest BCUT2D eigenvalue weighted by Gasteiger charge is 2.05. The Morgan fingerprint density at radius 2 is 1.77 bits per heavy atom. The highest BCUT2D eigenvalue weighted by Crippen LogP contribution is 2.22. The molecule has 1 amide bonds. The number of thioether (sulfide) groups is 1. The Balaban J connectivity index is 1.38. The van der Waals surface area contributed by atoms with Crippen molar-refractivity contribution in [3.63, 3.8) is 0 Å². The Hall–Kier alpha value is -2.46. The average molecular weight is 365 g/mol. The molecule has 3 aromatic rings. The van der Waals surface area contributed by atoms with Crippen LogP contribution in [0, 0.1) is 6.92 Å². The highest BCUT2D eigenvalue weighted by atomic mass is 32.2. The maximum atomic E-state index is 12.0. The fourth-order valence-electron chi connectivity index (χ4n) is 2.79. The maximum Gasteiger partial charge on any atom is 0.230 e. The molecule has 3 rings (SSSR count). The van der Waals surface area contributed by atoms with E-state index in [9.17, 15) is 4.79 Å². The normalized spacial score (nSPS) is 10.7. The molecule has 0 aromatic heterocycles. The second kappa shape index (κ2) is 9.30. The van der Waals surface area contributed by atoms with Crippen LogP contribution in [-0.2, 0) is 10.5 Å². The monoisotopic (exact) mass is 365 g/mol. The van der Waals surface area contributed by atoms with Gasteiger partial charge in [-0.3, -0.25) is 4.79 Å².